The summed E-state index contributed by atoms with van der Waals surface area (Å²) in [6.45, 7) is 5.12. The summed E-state index contributed by atoms with van der Waals surface area (Å²) < 4.78 is 12.3. The number of fused-ring (bicyclic) bond motifs is 1. The Bertz CT molecular complexity index is 570. The Morgan fingerprint density at radius 3 is 2.88 bits per heavy atom. The van der Waals surface area contributed by atoms with E-state index in [9.17, 15) is 4.79 Å². The number of benzene rings is 1. The van der Waals surface area contributed by atoms with Crippen LogP contribution in [0.1, 0.15) is 37.7 Å². The molecule has 2 fully saturated rings. The summed E-state index contributed by atoms with van der Waals surface area (Å²) in [5.74, 6) is 0.972. The Morgan fingerprint density at radius 1 is 1.21 bits per heavy atom. The van der Waals surface area contributed by atoms with Crippen molar-refractivity contribution in [2.45, 2.75) is 45.1 Å². The van der Waals surface area contributed by atoms with Crippen molar-refractivity contribution in [2.75, 3.05) is 33.4 Å². The highest BCUT2D eigenvalue weighted by atomic mass is 16.6. The molecule has 1 aromatic rings. The lowest BCUT2D eigenvalue weighted by Crippen LogP contribution is -2.61. The largest absolute Gasteiger partial charge is 0.482 e. The van der Waals surface area contributed by atoms with Crippen molar-refractivity contribution in [3.05, 3.63) is 29.8 Å². The molecule has 0 amide bonds. The minimum Gasteiger partial charge on any atom is -0.482 e. The molecule has 2 heterocycles. The molecule has 132 valence electrons. The predicted molar refractivity (Wildman–Crippen MR) is 93.9 cm³/mol. The van der Waals surface area contributed by atoms with E-state index in [4.69, 9.17) is 9.47 Å². The molecule has 1 unspecified atom stereocenters. The standard InChI is InChI=1S/C20H30NO3/c1-16-7-5-9-18(13-16)23-15-20(22)24-14-17-8-6-12-21(2)11-4-3-10-19(17)21/h5,7,9,13,17,19H,3-4,6,8,10-12,14-15H2,1-2H3/q+1/t17-,19-,21?/m1/s1. The number of esters is 1. The van der Waals surface area contributed by atoms with Crippen LogP contribution in [0.2, 0.25) is 0 Å². The summed E-state index contributed by atoms with van der Waals surface area (Å²) in [6.07, 6.45) is 6.36. The van der Waals surface area contributed by atoms with Crippen LogP contribution in [0.5, 0.6) is 5.75 Å². The Kier molecular flexibility index (Phi) is 5.44. The van der Waals surface area contributed by atoms with E-state index in [1.807, 2.05) is 31.2 Å². The minimum absolute atomic E-state index is 0.00698. The van der Waals surface area contributed by atoms with E-state index in [2.05, 4.69) is 7.05 Å². The van der Waals surface area contributed by atoms with Crippen molar-refractivity contribution in [1.82, 2.24) is 0 Å². The SMILES string of the molecule is Cc1cccc(OCC(=O)OC[C@H]2CCC[N+]3(C)CCCC[C@H]23)c1. The van der Waals surface area contributed by atoms with Crippen LogP contribution in [0.25, 0.3) is 0 Å². The lowest BCUT2D eigenvalue weighted by Gasteiger charge is -2.51. The first-order valence-electron chi connectivity index (χ1n) is 9.26. The normalized spacial score (nSPS) is 29.6. The average Bonchev–Trinajstić information content (AvgIpc) is 2.57. The summed E-state index contributed by atoms with van der Waals surface area (Å²) >= 11 is 0. The van der Waals surface area contributed by atoms with Gasteiger partial charge in [0, 0.05) is 12.3 Å². The molecule has 4 nitrogen and oxygen atoms in total. The summed E-state index contributed by atoms with van der Waals surface area (Å²) in [4.78, 5) is 12.0. The fourth-order valence-corrected chi connectivity index (χ4v) is 4.52. The molecule has 0 bridgehead atoms. The maximum Gasteiger partial charge on any atom is 0.344 e. The van der Waals surface area contributed by atoms with Gasteiger partial charge in [0.25, 0.3) is 0 Å². The van der Waals surface area contributed by atoms with Crippen LogP contribution < -0.4 is 4.74 Å². The Morgan fingerprint density at radius 2 is 2.04 bits per heavy atom. The van der Waals surface area contributed by atoms with Gasteiger partial charge in [-0.05, 0) is 50.3 Å². The molecule has 4 heteroatoms. The molecule has 3 atom stereocenters. The van der Waals surface area contributed by atoms with Gasteiger partial charge in [-0.15, -0.1) is 0 Å². The molecule has 0 spiro atoms. The highest BCUT2D eigenvalue weighted by Gasteiger charge is 2.43. The second-order valence-corrected chi connectivity index (χ2v) is 7.68. The molecule has 0 aliphatic carbocycles. The number of ether oxygens (including phenoxy) is 2. The Hall–Kier alpha value is -1.55. The summed E-state index contributed by atoms with van der Waals surface area (Å²) in [5.41, 5.74) is 1.12. The number of carbonyl (C=O) groups is 1. The summed E-state index contributed by atoms with van der Waals surface area (Å²) in [7, 11) is 2.39. The molecule has 24 heavy (non-hydrogen) atoms. The van der Waals surface area contributed by atoms with Gasteiger partial charge in [-0.3, -0.25) is 0 Å². The van der Waals surface area contributed by atoms with Crippen molar-refractivity contribution in [2.24, 2.45) is 5.92 Å². The van der Waals surface area contributed by atoms with Crippen molar-refractivity contribution in [1.29, 1.82) is 0 Å². The third-order valence-corrected chi connectivity index (χ3v) is 5.81. The molecule has 0 saturated carbocycles. The van der Waals surface area contributed by atoms with Gasteiger partial charge >= 0.3 is 5.97 Å². The average molecular weight is 332 g/mol. The maximum absolute atomic E-state index is 12.0. The fourth-order valence-electron chi connectivity index (χ4n) is 4.52. The van der Waals surface area contributed by atoms with Gasteiger partial charge in [-0.1, -0.05) is 12.1 Å². The Labute approximate surface area is 145 Å². The molecule has 1 aromatic carbocycles. The Balaban J connectivity index is 1.47. The highest BCUT2D eigenvalue weighted by molar-refractivity contribution is 5.71. The van der Waals surface area contributed by atoms with Crippen LogP contribution >= 0.6 is 0 Å². The van der Waals surface area contributed by atoms with Gasteiger partial charge < -0.3 is 14.0 Å². The minimum atomic E-state index is -0.257. The molecule has 2 aliphatic rings. The first kappa shape index (κ1) is 17.3. The van der Waals surface area contributed by atoms with Crippen molar-refractivity contribution < 1.29 is 18.8 Å². The van der Waals surface area contributed by atoms with Crippen LogP contribution in [0.15, 0.2) is 24.3 Å². The smallest absolute Gasteiger partial charge is 0.344 e. The van der Waals surface area contributed by atoms with Crippen LogP contribution in [-0.2, 0) is 9.53 Å². The first-order valence-corrected chi connectivity index (χ1v) is 9.26. The van der Waals surface area contributed by atoms with Crippen molar-refractivity contribution in [3.8, 4) is 5.75 Å². The maximum atomic E-state index is 12.0. The van der Waals surface area contributed by atoms with Gasteiger partial charge in [0.2, 0.25) is 0 Å². The second kappa shape index (κ2) is 7.56. The third-order valence-electron chi connectivity index (χ3n) is 5.81. The van der Waals surface area contributed by atoms with Crippen LogP contribution in [-0.4, -0.2) is 49.8 Å². The van der Waals surface area contributed by atoms with E-state index >= 15 is 0 Å². The van der Waals surface area contributed by atoms with Gasteiger partial charge in [0.05, 0.1) is 32.8 Å². The molecule has 0 N–H and O–H groups in total. The quantitative estimate of drug-likeness (QED) is 0.613. The molecule has 0 radical (unpaired) electrons. The number of nitrogens with zero attached hydrogens (tertiary/aromatic N) is 1. The molecular weight excluding hydrogens is 302 g/mol. The van der Waals surface area contributed by atoms with Crippen LogP contribution in [0, 0.1) is 12.8 Å². The molecule has 2 aliphatic heterocycles. The summed E-state index contributed by atoms with van der Waals surface area (Å²) in [6, 6.07) is 8.40. The van der Waals surface area contributed by atoms with E-state index in [1.165, 1.54) is 49.7 Å². The number of rotatable bonds is 5. The van der Waals surface area contributed by atoms with Crippen LogP contribution in [0.3, 0.4) is 0 Å². The van der Waals surface area contributed by atoms with E-state index in [0.717, 1.165) is 11.3 Å². The fraction of sp³-hybridized carbons (Fsp3) is 0.650. The number of piperidine rings is 2. The van der Waals surface area contributed by atoms with Gasteiger partial charge in [0.15, 0.2) is 6.61 Å². The third kappa shape index (κ3) is 4.10. The zero-order valence-electron chi connectivity index (χ0n) is 15.0. The predicted octanol–water partition coefficient (Wildman–Crippen LogP) is 3.33. The van der Waals surface area contributed by atoms with E-state index in [1.54, 1.807) is 0 Å². The number of hydrogen-bond donors (Lipinski definition) is 0. The van der Waals surface area contributed by atoms with Gasteiger partial charge in [-0.25, -0.2) is 4.79 Å². The molecule has 2 saturated heterocycles. The van der Waals surface area contributed by atoms with Gasteiger partial charge in [0.1, 0.15) is 5.75 Å². The lowest BCUT2D eigenvalue weighted by molar-refractivity contribution is -0.947. The zero-order valence-corrected chi connectivity index (χ0v) is 15.0. The lowest BCUT2D eigenvalue weighted by atomic mass is 9.82. The second-order valence-electron chi connectivity index (χ2n) is 7.68. The molecule has 0 aromatic heterocycles. The number of aryl methyl sites for hydroxylation is 1. The van der Waals surface area contributed by atoms with Gasteiger partial charge in [-0.2, -0.15) is 0 Å². The van der Waals surface area contributed by atoms with Crippen molar-refractivity contribution in [3.63, 3.8) is 0 Å². The monoisotopic (exact) mass is 332 g/mol. The number of quaternary nitrogens is 1. The number of hydrogen-bond acceptors (Lipinski definition) is 3. The highest BCUT2D eigenvalue weighted by Crippen LogP contribution is 2.36. The first-order chi connectivity index (χ1) is 11.6. The van der Waals surface area contributed by atoms with E-state index in [0.29, 0.717) is 18.6 Å². The van der Waals surface area contributed by atoms with E-state index in [-0.39, 0.29) is 12.6 Å². The zero-order chi connectivity index (χ0) is 17.0. The summed E-state index contributed by atoms with van der Waals surface area (Å²) in [5, 5.41) is 0. The molecular formula is C20H30NO3+. The van der Waals surface area contributed by atoms with Crippen LogP contribution in [0.4, 0.5) is 0 Å². The van der Waals surface area contributed by atoms with E-state index < -0.39 is 0 Å². The van der Waals surface area contributed by atoms with Crippen molar-refractivity contribution >= 4 is 5.97 Å². The molecule has 3 rings (SSSR count). The number of carbonyl (C=O) groups excluding carboxylic acids is 1. The topological polar surface area (TPSA) is 35.5 Å².